The molecule has 0 spiro atoms. The summed E-state index contributed by atoms with van der Waals surface area (Å²) in [6, 6.07) is 0. The van der Waals surface area contributed by atoms with Crippen molar-refractivity contribution in [1.82, 2.24) is 0 Å². The van der Waals surface area contributed by atoms with Gasteiger partial charge in [-0.25, -0.2) is 0 Å². The van der Waals surface area contributed by atoms with Crippen LogP contribution in [0.5, 0.6) is 0 Å². The smallest absolute Gasteiger partial charge is 0.142 e. The Labute approximate surface area is 39.6 Å². The van der Waals surface area contributed by atoms with Crippen LogP contribution < -0.4 is 0 Å². The Kier molecular flexibility index (Phi) is 3.14. The maximum Gasteiger partial charge on any atom is 0.142 e. The summed E-state index contributed by atoms with van der Waals surface area (Å²) in [5.74, 6) is 0. The third kappa shape index (κ3) is 2.21. The molecule has 0 amide bonds. The lowest BCUT2D eigenvalue weighted by atomic mass is 10.8. The van der Waals surface area contributed by atoms with Gasteiger partial charge in [0.05, 0.1) is 0 Å². The van der Waals surface area contributed by atoms with E-state index in [4.69, 9.17) is 0 Å². The summed E-state index contributed by atoms with van der Waals surface area (Å²) in [6.45, 7) is 6.40. The van der Waals surface area contributed by atoms with Gasteiger partial charge in [0.25, 0.3) is 0 Å². The second kappa shape index (κ2) is 3.16. The van der Waals surface area contributed by atoms with E-state index in [0.717, 1.165) is 13.2 Å². The summed E-state index contributed by atoms with van der Waals surface area (Å²) in [6.07, 6.45) is 0. The van der Waals surface area contributed by atoms with E-state index in [-0.39, 0.29) is 0 Å². The largest absolute Gasteiger partial charge is 0.425 e. The minimum Gasteiger partial charge on any atom is -0.425 e. The van der Waals surface area contributed by atoms with Crippen LogP contribution in [0.4, 0.5) is 0 Å². The molecule has 0 atom stereocenters. The van der Waals surface area contributed by atoms with E-state index in [9.17, 15) is 0 Å². The van der Waals surface area contributed by atoms with Crippen molar-refractivity contribution >= 4 is 0 Å². The number of rotatable bonds is 2. The normalized spacial score (nSPS) is 10.0. The van der Waals surface area contributed by atoms with E-state index in [2.05, 4.69) is 18.2 Å². The third-order valence-electron chi connectivity index (χ3n) is 0.986. The average molecular weight is 89.2 g/mol. The van der Waals surface area contributed by atoms with Crippen LogP contribution in [0.2, 0.25) is 0 Å². The van der Waals surface area contributed by atoms with E-state index in [1.165, 1.54) is 0 Å². The van der Waals surface area contributed by atoms with Crippen molar-refractivity contribution in [3.63, 3.8) is 0 Å². The summed E-state index contributed by atoms with van der Waals surface area (Å²) in [5, 5.41) is 0. The topological polar surface area (TPSA) is 2.70 Å². The second-order valence-corrected chi connectivity index (χ2v) is 1.36. The van der Waals surface area contributed by atoms with Crippen molar-refractivity contribution in [2.75, 3.05) is 20.3 Å². The molecule has 0 saturated heterocycles. The minimum absolute atomic E-state index is 1.08. The number of hydrogen-bond acceptors (Lipinski definition) is 0. The summed E-state index contributed by atoms with van der Waals surface area (Å²) in [4.78, 5) is 0. The zero-order chi connectivity index (χ0) is 4.99. The molecule has 0 saturated carbocycles. The molecule has 1 nitrogen and oxygen atoms in total. The molecule has 0 radical (unpaired) electrons. The van der Waals surface area contributed by atoms with Crippen molar-refractivity contribution in [2.45, 2.75) is 13.8 Å². The standard InChI is InChI=1S/C5H13O/c1-4-6(3)5-2/h4-5H2,1-3H3/q+1. The van der Waals surface area contributed by atoms with Crippen LogP contribution in [-0.2, 0) is 4.37 Å². The molecule has 0 aromatic carbocycles. The molecular formula is C5H13O+. The van der Waals surface area contributed by atoms with E-state index in [1.54, 1.807) is 0 Å². The van der Waals surface area contributed by atoms with E-state index >= 15 is 0 Å². The fraction of sp³-hybridized carbons (Fsp3) is 1.00. The molecule has 0 aliphatic rings. The van der Waals surface area contributed by atoms with Crippen molar-refractivity contribution in [2.24, 2.45) is 0 Å². The van der Waals surface area contributed by atoms with Crippen LogP contribution in [-0.4, -0.2) is 20.3 Å². The lowest BCUT2D eigenvalue weighted by Crippen LogP contribution is -2.05. The molecule has 6 heavy (non-hydrogen) atoms. The molecular weight excluding hydrogens is 76.1 g/mol. The summed E-state index contributed by atoms with van der Waals surface area (Å²) in [7, 11) is 2.03. The molecule has 0 unspecified atom stereocenters. The van der Waals surface area contributed by atoms with Gasteiger partial charge in [-0.2, -0.15) is 0 Å². The van der Waals surface area contributed by atoms with Gasteiger partial charge in [0.15, 0.2) is 0 Å². The minimum atomic E-state index is 1.08. The Morgan fingerprint density at radius 2 is 1.50 bits per heavy atom. The monoisotopic (exact) mass is 89.1 g/mol. The Morgan fingerprint density at radius 3 is 1.50 bits per heavy atom. The highest BCUT2D eigenvalue weighted by Gasteiger charge is 1.86. The predicted octanol–water partition coefficient (Wildman–Crippen LogP) is 1.21. The predicted molar refractivity (Wildman–Crippen MR) is 28.1 cm³/mol. The van der Waals surface area contributed by atoms with E-state index in [1.807, 2.05) is 7.11 Å². The Balaban J connectivity index is 2.75. The Hall–Kier alpha value is -0.0400. The molecule has 0 heterocycles. The summed E-state index contributed by atoms with van der Waals surface area (Å²) < 4.78 is 2.91. The van der Waals surface area contributed by atoms with Crippen LogP contribution in [0.3, 0.4) is 0 Å². The summed E-state index contributed by atoms with van der Waals surface area (Å²) in [5.41, 5.74) is 0. The molecule has 0 aromatic rings. The molecule has 0 rings (SSSR count). The van der Waals surface area contributed by atoms with Gasteiger partial charge in [-0.05, 0) is 0 Å². The first kappa shape index (κ1) is 5.96. The lowest BCUT2D eigenvalue weighted by molar-refractivity contribution is -0.0830. The molecule has 0 aliphatic heterocycles. The van der Waals surface area contributed by atoms with Crippen LogP contribution in [0.25, 0.3) is 0 Å². The Bertz CT molecular complexity index is 23.1. The third-order valence-corrected chi connectivity index (χ3v) is 0.986. The molecule has 38 valence electrons. The van der Waals surface area contributed by atoms with E-state index < -0.39 is 0 Å². The van der Waals surface area contributed by atoms with Crippen molar-refractivity contribution in [1.29, 1.82) is 0 Å². The fourth-order valence-electron chi connectivity index (χ4n) is 0.204. The zero-order valence-electron chi connectivity index (χ0n) is 4.82. The highest BCUT2D eigenvalue weighted by atomic mass is 16.7. The quantitative estimate of drug-likeness (QED) is 0.447. The molecule has 0 aliphatic carbocycles. The zero-order valence-corrected chi connectivity index (χ0v) is 4.82. The molecule has 0 bridgehead atoms. The second-order valence-electron chi connectivity index (χ2n) is 1.36. The van der Waals surface area contributed by atoms with Crippen LogP contribution in [0, 0.1) is 0 Å². The van der Waals surface area contributed by atoms with Crippen molar-refractivity contribution < 1.29 is 4.37 Å². The highest BCUT2D eigenvalue weighted by Crippen LogP contribution is 1.83. The summed E-state index contributed by atoms with van der Waals surface area (Å²) >= 11 is 0. The number of hydrogen-bond donors (Lipinski definition) is 0. The maximum atomic E-state index is 2.91. The highest BCUT2D eigenvalue weighted by molar-refractivity contribution is 4.19. The maximum absolute atomic E-state index is 2.91. The van der Waals surface area contributed by atoms with Gasteiger partial charge in [0.1, 0.15) is 20.3 Å². The van der Waals surface area contributed by atoms with Gasteiger partial charge in [0, 0.05) is 13.8 Å². The first-order valence-corrected chi connectivity index (χ1v) is 2.40. The fourth-order valence-corrected chi connectivity index (χ4v) is 0.204. The van der Waals surface area contributed by atoms with Gasteiger partial charge < -0.3 is 4.37 Å². The lowest BCUT2D eigenvalue weighted by Gasteiger charge is -2.05. The molecule has 0 aromatic heterocycles. The van der Waals surface area contributed by atoms with Gasteiger partial charge in [-0.1, -0.05) is 0 Å². The van der Waals surface area contributed by atoms with Gasteiger partial charge in [0.2, 0.25) is 0 Å². The Morgan fingerprint density at radius 1 is 1.17 bits per heavy atom. The van der Waals surface area contributed by atoms with Crippen LogP contribution in [0.1, 0.15) is 13.8 Å². The molecule has 0 fully saturated rings. The first-order valence-electron chi connectivity index (χ1n) is 2.40. The molecule has 1 heteroatoms. The van der Waals surface area contributed by atoms with Crippen LogP contribution >= 0.6 is 0 Å². The van der Waals surface area contributed by atoms with Crippen LogP contribution in [0.15, 0.2) is 0 Å². The van der Waals surface area contributed by atoms with Gasteiger partial charge in [-0.3, -0.25) is 0 Å². The van der Waals surface area contributed by atoms with E-state index in [0.29, 0.717) is 0 Å². The SMILES string of the molecule is CC[O+](C)CC. The molecule has 0 N–H and O–H groups in total. The van der Waals surface area contributed by atoms with Crippen molar-refractivity contribution in [3.05, 3.63) is 0 Å². The first-order chi connectivity index (χ1) is 2.81. The van der Waals surface area contributed by atoms with Gasteiger partial charge >= 0.3 is 0 Å². The van der Waals surface area contributed by atoms with Crippen molar-refractivity contribution in [3.8, 4) is 0 Å². The van der Waals surface area contributed by atoms with Gasteiger partial charge in [-0.15, -0.1) is 0 Å². The average Bonchev–Trinajstić information content (AvgIpc) is 1.65.